The Hall–Kier alpha value is -2.76. The largest absolute Gasteiger partial charge is 0.489 e. The highest BCUT2D eigenvalue weighted by Crippen LogP contribution is 2.27. The molecule has 160 valence electrons. The maximum atomic E-state index is 11.2. The van der Waals surface area contributed by atoms with E-state index in [4.69, 9.17) is 9.72 Å². The molecule has 30 heavy (non-hydrogen) atoms. The van der Waals surface area contributed by atoms with Crippen LogP contribution in [-0.4, -0.2) is 43.2 Å². The van der Waals surface area contributed by atoms with Crippen molar-refractivity contribution in [3.8, 4) is 5.75 Å². The number of carbonyl (C=O) groups is 1. The average molecular weight is 409 g/mol. The molecule has 1 N–H and O–H groups in total. The number of anilines is 2. The predicted molar refractivity (Wildman–Crippen MR) is 120 cm³/mol. The Kier molecular flexibility index (Phi) is 6.11. The lowest BCUT2D eigenvalue weighted by molar-refractivity contribution is -0.119. The standard InChI is InChI=1S/C24H32N4O2/c1-17-11-13-27(15-17)23-5-4-6-24(26-23)28-14-12-22(16-28)30-21-9-7-20(8-10-21)18(2)25-19(3)29/h4-10,17-18,22H,11-16H2,1-3H3,(H,25,29)/t17?,18-,22+/m0/s1. The van der Waals surface area contributed by atoms with E-state index < -0.39 is 0 Å². The summed E-state index contributed by atoms with van der Waals surface area (Å²) < 4.78 is 6.22. The second-order valence-electron chi connectivity index (χ2n) is 8.66. The molecule has 6 heteroatoms. The maximum absolute atomic E-state index is 11.2. The van der Waals surface area contributed by atoms with Crippen molar-refractivity contribution < 1.29 is 9.53 Å². The summed E-state index contributed by atoms with van der Waals surface area (Å²) >= 11 is 0. The summed E-state index contributed by atoms with van der Waals surface area (Å²) in [6.07, 6.45) is 2.38. The lowest BCUT2D eigenvalue weighted by Crippen LogP contribution is -2.26. The Morgan fingerprint density at radius 1 is 1.07 bits per heavy atom. The molecule has 2 fully saturated rings. The summed E-state index contributed by atoms with van der Waals surface area (Å²) in [5, 5.41) is 2.91. The number of nitrogens with one attached hydrogen (secondary N) is 1. The van der Waals surface area contributed by atoms with E-state index in [-0.39, 0.29) is 18.1 Å². The third kappa shape index (κ3) is 4.86. The van der Waals surface area contributed by atoms with Gasteiger partial charge in [-0.05, 0) is 49.1 Å². The minimum atomic E-state index is -0.0224. The summed E-state index contributed by atoms with van der Waals surface area (Å²) in [5.41, 5.74) is 1.07. The van der Waals surface area contributed by atoms with Crippen molar-refractivity contribution in [1.29, 1.82) is 0 Å². The zero-order chi connectivity index (χ0) is 21.1. The molecule has 1 amide bonds. The Bertz CT molecular complexity index is 870. The molecule has 0 bridgehead atoms. The van der Waals surface area contributed by atoms with Crippen LogP contribution in [0, 0.1) is 5.92 Å². The van der Waals surface area contributed by atoms with Gasteiger partial charge in [-0.2, -0.15) is 0 Å². The summed E-state index contributed by atoms with van der Waals surface area (Å²) in [5.74, 6) is 3.72. The quantitative estimate of drug-likeness (QED) is 0.788. The molecular weight excluding hydrogens is 376 g/mol. The van der Waals surface area contributed by atoms with Crippen LogP contribution in [0.1, 0.15) is 45.2 Å². The van der Waals surface area contributed by atoms with Crippen molar-refractivity contribution in [3.63, 3.8) is 0 Å². The first-order valence-electron chi connectivity index (χ1n) is 11.0. The van der Waals surface area contributed by atoms with Crippen molar-refractivity contribution in [1.82, 2.24) is 10.3 Å². The van der Waals surface area contributed by atoms with Gasteiger partial charge in [0.15, 0.2) is 0 Å². The third-order valence-electron chi connectivity index (χ3n) is 6.04. The molecule has 2 aliphatic rings. The van der Waals surface area contributed by atoms with E-state index in [2.05, 4.69) is 40.2 Å². The van der Waals surface area contributed by atoms with E-state index in [1.54, 1.807) is 0 Å². The number of nitrogens with zero attached hydrogens (tertiary/aromatic N) is 3. The SMILES string of the molecule is CC(=O)N[C@@H](C)c1ccc(O[C@@H]2CCN(c3cccc(N4CCC(C)C4)n3)C2)cc1. The van der Waals surface area contributed by atoms with Gasteiger partial charge in [0.25, 0.3) is 0 Å². The van der Waals surface area contributed by atoms with Crippen LogP contribution in [0.25, 0.3) is 0 Å². The van der Waals surface area contributed by atoms with Gasteiger partial charge in [0, 0.05) is 33.0 Å². The zero-order valence-corrected chi connectivity index (χ0v) is 18.2. The van der Waals surface area contributed by atoms with E-state index in [1.807, 2.05) is 31.2 Å². The fourth-order valence-corrected chi connectivity index (χ4v) is 4.36. The minimum Gasteiger partial charge on any atom is -0.489 e. The first kappa shape index (κ1) is 20.5. The van der Waals surface area contributed by atoms with Gasteiger partial charge in [-0.15, -0.1) is 0 Å². The van der Waals surface area contributed by atoms with Crippen LogP contribution in [0.3, 0.4) is 0 Å². The number of hydrogen-bond acceptors (Lipinski definition) is 5. The topological polar surface area (TPSA) is 57.7 Å². The van der Waals surface area contributed by atoms with Gasteiger partial charge >= 0.3 is 0 Å². The molecule has 3 atom stereocenters. The minimum absolute atomic E-state index is 0.00420. The number of amides is 1. The van der Waals surface area contributed by atoms with E-state index in [9.17, 15) is 4.79 Å². The van der Waals surface area contributed by atoms with Crippen molar-refractivity contribution in [2.45, 2.75) is 45.8 Å². The van der Waals surface area contributed by atoms with Gasteiger partial charge in [-0.1, -0.05) is 25.1 Å². The van der Waals surface area contributed by atoms with E-state index in [0.717, 1.165) is 61.5 Å². The molecule has 6 nitrogen and oxygen atoms in total. The maximum Gasteiger partial charge on any atom is 0.217 e. The molecule has 0 aliphatic carbocycles. The summed E-state index contributed by atoms with van der Waals surface area (Å²) in [4.78, 5) is 20.9. The lowest BCUT2D eigenvalue weighted by atomic mass is 10.1. The number of ether oxygens (including phenoxy) is 1. The number of rotatable bonds is 6. The molecule has 0 spiro atoms. The van der Waals surface area contributed by atoms with Crippen molar-refractivity contribution in [3.05, 3.63) is 48.0 Å². The molecule has 3 heterocycles. The first-order chi connectivity index (χ1) is 14.5. The van der Waals surface area contributed by atoms with Gasteiger partial charge in [0.2, 0.25) is 5.91 Å². The summed E-state index contributed by atoms with van der Waals surface area (Å²) in [6, 6.07) is 14.3. The van der Waals surface area contributed by atoms with E-state index in [0.29, 0.717) is 0 Å². The summed E-state index contributed by atoms with van der Waals surface area (Å²) in [7, 11) is 0. The molecule has 1 aromatic heterocycles. The molecule has 0 saturated carbocycles. The Balaban J connectivity index is 1.34. The number of pyridine rings is 1. The fraction of sp³-hybridized carbons (Fsp3) is 0.500. The van der Waals surface area contributed by atoms with Crippen LogP contribution < -0.4 is 19.9 Å². The number of aromatic nitrogens is 1. The highest BCUT2D eigenvalue weighted by molar-refractivity contribution is 5.73. The van der Waals surface area contributed by atoms with Crippen LogP contribution in [-0.2, 0) is 4.79 Å². The zero-order valence-electron chi connectivity index (χ0n) is 18.2. The Morgan fingerprint density at radius 3 is 2.37 bits per heavy atom. The molecule has 4 rings (SSSR count). The van der Waals surface area contributed by atoms with Gasteiger partial charge in [-0.3, -0.25) is 4.79 Å². The molecule has 0 radical (unpaired) electrons. The van der Waals surface area contributed by atoms with Crippen LogP contribution in [0.15, 0.2) is 42.5 Å². The van der Waals surface area contributed by atoms with E-state index in [1.165, 1.54) is 13.3 Å². The molecule has 2 aromatic rings. The summed E-state index contributed by atoms with van der Waals surface area (Å²) in [6.45, 7) is 9.82. The van der Waals surface area contributed by atoms with Gasteiger partial charge < -0.3 is 19.9 Å². The predicted octanol–water partition coefficient (Wildman–Crippen LogP) is 3.78. The molecule has 2 saturated heterocycles. The second kappa shape index (κ2) is 8.94. The van der Waals surface area contributed by atoms with E-state index >= 15 is 0 Å². The normalized spacial score (nSPS) is 22.2. The number of hydrogen-bond donors (Lipinski definition) is 1. The number of carbonyl (C=O) groups excluding carboxylic acids is 1. The molecule has 2 aliphatic heterocycles. The first-order valence-corrected chi connectivity index (χ1v) is 11.0. The second-order valence-corrected chi connectivity index (χ2v) is 8.66. The van der Waals surface area contributed by atoms with Crippen LogP contribution >= 0.6 is 0 Å². The smallest absolute Gasteiger partial charge is 0.217 e. The lowest BCUT2D eigenvalue weighted by Gasteiger charge is -2.22. The van der Waals surface area contributed by atoms with Crippen molar-refractivity contribution in [2.24, 2.45) is 5.92 Å². The Morgan fingerprint density at radius 2 is 1.73 bits per heavy atom. The van der Waals surface area contributed by atoms with Gasteiger partial charge in [-0.25, -0.2) is 4.98 Å². The molecule has 1 unspecified atom stereocenters. The van der Waals surface area contributed by atoms with Gasteiger partial charge in [0.1, 0.15) is 23.5 Å². The average Bonchev–Trinajstić information content (AvgIpc) is 3.37. The molecular formula is C24H32N4O2. The Labute approximate surface area is 179 Å². The molecule has 1 aromatic carbocycles. The van der Waals surface area contributed by atoms with Crippen LogP contribution in [0.4, 0.5) is 11.6 Å². The van der Waals surface area contributed by atoms with Gasteiger partial charge in [0.05, 0.1) is 12.6 Å². The third-order valence-corrected chi connectivity index (χ3v) is 6.04. The monoisotopic (exact) mass is 408 g/mol. The van der Waals surface area contributed by atoms with Crippen molar-refractivity contribution in [2.75, 3.05) is 36.0 Å². The fourth-order valence-electron chi connectivity index (χ4n) is 4.36. The van der Waals surface area contributed by atoms with Crippen LogP contribution in [0.2, 0.25) is 0 Å². The highest BCUT2D eigenvalue weighted by atomic mass is 16.5. The van der Waals surface area contributed by atoms with Crippen molar-refractivity contribution >= 4 is 17.5 Å². The van der Waals surface area contributed by atoms with Crippen LogP contribution in [0.5, 0.6) is 5.75 Å². The number of benzene rings is 1. The highest BCUT2D eigenvalue weighted by Gasteiger charge is 2.26.